The zero-order chi connectivity index (χ0) is 23.7. The molecule has 2 aromatic carbocycles. The van der Waals surface area contributed by atoms with Crippen LogP contribution in [-0.4, -0.2) is 63.3 Å². The van der Waals surface area contributed by atoms with E-state index in [2.05, 4.69) is 10.4 Å². The van der Waals surface area contributed by atoms with Gasteiger partial charge in [0.1, 0.15) is 6.17 Å². The molecule has 9 heteroatoms. The number of carbonyl (C=O) groups excluding carboxylic acids is 1. The Labute approximate surface area is 192 Å². The van der Waals surface area contributed by atoms with Crippen molar-refractivity contribution in [1.82, 2.24) is 10.3 Å². The Morgan fingerprint density at radius 1 is 1.21 bits per heavy atom. The minimum atomic E-state index is -0.823. The van der Waals surface area contributed by atoms with E-state index in [9.17, 15) is 9.18 Å². The summed E-state index contributed by atoms with van der Waals surface area (Å²) in [4.78, 5) is 14.6. The molecule has 0 aromatic heterocycles. The molecule has 1 saturated heterocycles. The number of ether oxygens (including phenoxy) is 2. The smallest absolute Gasteiger partial charge is 0.337 e. The number of benzene rings is 2. The Morgan fingerprint density at radius 3 is 2.52 bits per heavy atom. The molecule has 0 spiro atoms. The third-order valence-corrected chi connectivity index (χ3v) is 6.15. The molecule has 2 aliphatic heterocycles. The van der Waals surface area contributed by atoms with Gasteiger partial charge in [0.15, 0.2) is 17.3 Å². The number of hydrazone groups is 1. The second-order valence-corrected chi connectivity index (χ2v) is 8.23. The Hall–Kier alpha value is -3.36. The lowest BCUT2D eigenvalue weighted by molar-refractivity contribution is 0.184. The second-order valence-electron chi connectivity index (χ2n) is 8.23. The second kappa shape index (κ2) is 9.25. The zero-order valence-electron chi connectivity index (χ0n) is 19.2. The third kappa shape index (κ3) is 4.19. The fraction of sp³-hybridized carbons (Fsp3) is 0.417. The summed E-state index contributed by atoms with van der Waals surface area (Å²) in [5.74, 6) is -0.278. The Bertz CT molecular complexity index is 1070. The fourth-order valence-corrected chi connectivity index (χ4v) is 4.40. The molecule has 2 amide bonds. The van der Waals surface area contributed by atoms with Gasteiger partial charge in [0.05, 0.1) is 26.0 Å². The number of urea groups is 1. The van der Waals surface area contributed by atoms with Gasteiger partial charge in [0.25, 0.3) is 0 Å². The number of alkyl halides is 1. The summed E-state index contributed by atoms with van der Waals surface area (Å²) in [7, 11) is 4.36. The van der Waals surface area contributed by atoms with Gasteiger partial charge >= 0.3 is 6.03 Å². The normalized spacial score (nSPS) is 20.1. The minimum absolute atomic E-state index is 0.0151. The van der Waals surface area contributed by atoms with Crippen molar-refractivity contribution in [2.45, 2.75) is 32.0 Å². The van der Waals surface area contributed by atoms with Crippen molar-refractivity contribution in [3.8, 4) is 11.5 Å². The van der Waals surface area contributed by atoms with Crippen LogP contribution in [0.2, 0.25) is 0 Å². The van der Waals surface area contributed by atoms with Gasteiger partial charge in [-0.15, -0.1) is 0 Å². The van der Waals surface area contributed by atoms with Crippen molar-refractivity contribution in [2.24, 2.45) is 5.10 Å². The maximum absolute atomic E-state index is 15.5. The van der Waals surface area contributed by atoms with Crippen LogP contribution >= 0.6 is 0 Å². The number of methoxy groups -OCH3 is 2. The number of amides is 2. The highest BCUT2D eigenvalue weighted by Crippen LogP contribution is 2.38. The van der Waals surface area contributed by atoms with Crippen LogP contribution in [-0.2, 0) is 6.42 Å². The van der Waals surface area contributed by atoms with Gasteiger partial charge in [0.2, 0.25) is 0 Å². The first-order valence-electron chi connectivity index (χ1n) is 10.9. The molecule has 0 aliphatic carbocycles. The van der Waals surface area contributed by atoms with E-state index >= 15 is 4.39 Å². The topological polar surface area (TPSA) is 66.4 Å². The van der Waals surface area contributed by atoms with E-state index in [0.29, 0.717) is 41.9 Å². The molecule has 0 radical (unpaired) electrons. The predicted octanol–water partition coefficient (Wildman–Crippen LogP) is 3.73. The van der Waals surface area contributed by atoms with Gasteiger partial charge in [0, 0.05) is 42.5 Å². The highest BCUT2D eigenvalue weighted by atomic mass is 19.1. The van der Waals surface area contributed by atoms with Gasteiger partial charge in [-0.3, -0.25) is 0 Å². The first-order valence-corrected chi connectivity index (χ1v) is 10.9. The average molecular weight is 459 g/mol. The van der Waals surface area contributed by atoms with Gasteiger partial charge in [-0.1, -0.05) is 12.1 Å². The molecule has 176 valence electrons. The van der Waals surface area contributed by atoms with Crippen LogP contribution in [0.3, 0.4) is 0 Å². The maximum atomic E-state index is 15.5. The maximum Gasteiger partial charge on any atom is 0.337 e. The van der Waals surface area contributed by atoms with E-state index in [-0.39, 0.29) is 17.9 Å². The number of fused-ring (bicyclic) bond motifs is 1. The zero-order valence-corrected chi connectivity index (χ0v) is 19.2. The summed E-state index contributed by atoms with van der Waals surface area (Å²) < 4.78 is 39.8. The van der Waals surface area contributed by atoms with Crippen LogP contribution in [0.5, 0.6) is 11.5 Å². The molecular weight excluding hydrogens is 430 g/mol. The summed E-state index contributed by atoms with van der Waals surface area (Å²) in [6.07, 6.45) is -0.0660. The van der Waals surface area contributed by atoms with Crippen molar-refractivity contribution in [2.75, 3.05) is 39.3 Å². The molecular formula is C24H28F2N4O3. The van der Waals surface area contributed by atoms with E-state index in [0.717, 1.165) is 5.69 Å². The number of halogens is 2. The molecule has 0 bridgehead atoms. The molecule has 7 nitrogen and oxygen atoms in total. The van der Waals surface area contributed by atoms with E-state index in [1.54, 1.807) is 6.07 Å². The molecule has 2 aliphatic rings. The van der Waals surface area contributed by atoms with Crippen LogP contribution in [0.25, 0.3) is 0 Å². The Kier molecular flexibility index (Phi) is 6.40. The predicted molar refractivity (Wildman–Crippen MR) is 123 cm³/mol. The first-order chi connectivity index (χ1) is 15.9. The average Bonchev–Trinajstić information content (AvgIpc) is 3.20. The van der Waals surface area contributed by atoms with Crippen molar-refractivity contribution in [3.05, 3.63) is 52.8 Å². The van der Waals surface area contributed by atoms with Crippen molar-refractivity contribution in [3.63, 3.8) is 0 Å². The Balaban J connectivity index is 1.85. The molecule has 1 fully saturated rings. The van der Waals surface area contributed by atoms with E-state index in [1.165, 1.54) is 26.3 Å². The fourth-order valence-electron chi connectivity index (χ4n) is 4.40. The summed E-state index contributed by atoms with van der Waals surface area (Å²) in [6.45, 7) is 2.84. The molecule has 0 saturated carbocycles. The van der Waals surface area contributed by atoms with Crippen molar-refractivity contribution < 1.29 is 23.0 Å². The number of nitrogens with one attached hydrogen (secondary N) is 1. The number of rotatable bonds is 4. The number of carbonyl (C=O) groups is 1. The quantitative estimate of drug-likeness (QED) is 0.758. The monoisotopic (exact) mass is 458 g/mol. The van der Waals surface area contributed by atoms with E-state index < -0.39 is 24.1 Å². The molecule has 2 aromatic rings. The highest BCUT2D eigenvalue weighted by Gasteiger charge is 2.31. The summed E-state index contributed by atoms with van der Waals surface area (Å²) >= 11 is 0. The van der Waals surface area contributed by atoms with Crippen molar-refractivity contribution >= 4 is 17.4 Å². The SMILES string of the molecule is CNC(=O)N1N=C(c2ccc(N3CC[C@@H](F)C3)cc2)c2cc(OC)c(OC)c(F)c2C[C@H]1C. The lowest BCUT2D eigenvalue weighted by atomic mass is 9.93. The number of hydrogen-bond donors (Lipinski definition) is 1. The lowest BCUT2D eigenvalue weighted by Crippen LogP contribution is -2.41. The van der Waals surface area contributed by atoms with Crippen LogP contribution in [0.4, 0.5) is 19.3 Å². The summed E-state index contributed by atoms with van der Waals surface area (Å²) in [5, 5.41) is 8.58. The molecule has 1 N–H and O–H groups in total. The van der Waals surface area contributed by atoms with Crippen LogP contribution < -0.4 is 19.7 Å². The molecule has 2 heterocycles. The molecule has 0 unspecified atom stereocenters. The number of hydrogen-bond acceptors (Lipinski definition) is 5. The highest BCUT2D eigenvalue weighted by molar-refractivity contribution is 6.14. The summed E-state index contributed by atoms with van der Waals surface area (Å²) in [5.41, 5.74) is 2.97. The number of anilines is 1. The summed E-state index contributed by atoms with van der Waals surface area (Å²) in [6, 6.07) is 8.40. The number of nitrogens with zero attached hydrogens (tertiary/aromatic N) is 3. The van der Waals surface area contributed by atoms with Crippen LogP contribution in [0, 0.1) is 5.82 Å². The molecule has 2 atom stereocenters. The van der Waals surface area contributed by atoms with Gasteiger partial charge in [-0.2, -0.15) is 5.10 Å². The third-order valence-electron chi connectivity index (χ3n) is 6.15. The molecule has 4 rings (SSSR count). The van der Waals surface area contributed by atoms with Crippen LogP contribution in [0.1, 0.15) is 30.0 Å². The first kappa shape index (κ1) is 22.8. The van der Waals surface area contributed by atoms with E-state index in [4.69, 9.17) is 9.47 Å². The van der Waals surface area contributed by atoms with Gasteiger partial charge < -0.3 is 19.7 Å². The molecule has 33 heavy (non-hydrogen) atoms. The largest absolute Gasteiger partial charge is 0.493 e. The standard InChI is InChI=1S/C24H28F2N4O3/c1-14-11-18-19(12-20(32-3)23(33-4)21(18)26)22(28-30(14)24(31)27-2)15-5-7-17(8-6-15)29-10-9-16(25)13-29/h5-8,12,14,16H,9-11,13H2,1-4H3,(H,27,31)/t14-,16-/m1/s1. The van der Waals surface area contributed by atoms with E-state index in [1.807, 2.05) is 36.1 Å². The van der Waals surface area contributed by atoms with Gasteiger partial charge in [-0.25, -0.2) is 18.6 Å². The van der Waals surface area contributed by atoms with Crippen molar-refractivity contribution in [1.29, 1.82) is 0 Å². The minimum Gasteiger partial charge on any atom is -0.493 e. The Morgan fingerprint density at radius 2 is 1.94 bits per heavy atom. The lowest BCUT2D eigenvalue weighted by Gasteiger charge is -2.22. The van der Waals surface area contributed by atoms with Gasteiger partial charge in [-0.05, 0) is 38.0 Å². The van der Waals surface area contributed by atoms with Crippen LogP contribution in [0.15, 0.2) is 35.4 Å².